The first-order chi connectivity index (χ1) is 21.1. The van der Waals surface area contributed by atoms with Crippen molar-refractivity contribution in [1.29, 1.82) is 0 Å². The van der Waals surface area contributed by atoms with E-state index in [1.165, 1.54) is 11.8 Å². The number of hydrogen-bond donors (Lipinski definition) is 1. The van der Waals surface area contributed by atoms with Crippen molar-refractivity contribution in [3.63, 3.8) is 0 Å². The Morgan fingerprint density at radius 2 is 1.89 bits per heavy atom. The number of carbonyl (C=O) groups excluding carboxylic acids is 3. The molecular formula is C34H47F2N3O6. The molecular weight excluding hydrogens is 584 g/mol. The van der Waals surface area contributed by atoms with Crippen molar-refractivity contribution in [2.75, 3.05) is 13.7 Å². The summed E-state index contributed by atoms with van der Waals surface area (Å²) in [5.41, 5.74) is -2.11. The number of benzene rings is 1. The molecule has 2 aromatic rings. The van der Waals surface area contributed by atoms with Gasteiger partial charge < -0.3 is 24.4 Å². The second-order valence-electron chi connectivity index (χ2n) is 12.7. The third-order valence-electron chi connectivity index (χ3n) is 8.58. The van der Waals surface area contributed by atoms with Crippen LogP contribution in [0.2, 0.25) is 0 Å². The summed E-state index contributed by atoms with van der Waals surface area (Å²) < 4.78 is 45.0. The van der Waals surface area contributed by atoms with Gasteiger partial charge in [-0.15, -0.1) is 0 Å². The van der Waals surface area contributed by atoms with Crippen LogP contribution in [-0.4, -0.2) is 71.0 Å². The SMILES string of the molecule is CC=CCCC(C)CC(C)C(NC(=O)OC(C)(C)C(C)(F)F)C(=O)N1CC(Oc2nccc3cc(OC)ccc23)CC1C(C)=O. The Morgan fingerprint density at radius 1 is 1.18 bits per heavy atom. The minimum atomic E-state index is -3.32. The van der Waals surface area contributed by atoms with Crippen LogP contribution < -0.4 is 14.8 Å². The lowest BCUT2D eigenvalue weighted by molar-refractivity contribution is -0.151. The van der Waals surface area contributed by atoms with E-state index >= 15 is 0 Å². The zero-order valence-corrected chi connectivity index (χ0v) is 27.6. The molecule has 0 bridgehead atoms. The molecule has 1 N–H and O–H groups in total. The van der Waals surface area contributed by atoms with Gasteiger partial charge in [-0.3, -0.25) is 9.59 Å². The molecule has 1 aliphatic heterocycles. The van der Waals surface area contributed by atoms with Gasteiger partial charge in [0.25, 0.3) is 5.92 Å². The number of pyridine rings is 1. The lowest BCUT2D eigenvalue weighted by atomic mass is 9.88. The smallest absolute Gasteiger partial charge is 0.408 e. The Kier molecular flexibility index (Phi) is 11.9. The number of allylic oxidation sites excluding steroid dienone is 2. The molecule has 0 saturated carbocycles. The van der Waals surface area contributed by atoms with Crippen molar-refractivity contribution in [2.24, 2.45) is 11.8 Å². The number of carbonyl (C=O) groups is 3. The summed E-state index contributed by atoms with van der Waals surface area (Å²) in [5.74, 6) is -3.19. The molecule has 1 aliphatic rings. The number of fused-ring (bicyclic) bond motifs is 1. The van der Waals surface area contributed by atoms with Crippen LogP contribution in [0.1, 0.15) is 74.1 Å². The number of ketones is 1. The van der Waals surface area contributed by atoms with Gasteiger partial charge in [0.05, 0.1) is 19.7 Å². The number of nitrogens with zero attached hydrogens (tertiary/aromatic N) is 2. The van der Waals surface area contributed by atoms with Crippen molar-refractivity contribution in [1.82, 2.24) is 15.2 Å². The summed E-state index contributed by atoms with van der Waals surface area (Å²) >= 11 is 0. The number of aromatic nitrogens is 1. The summed E-state index contributed by atoms with van der Waals surface area (Å²) in [5, 5.41) is 4.18. The molecule has 0 radical (unpaired) electrons. The van der Waals surface area contributed by atoms with Crippen molar-refractivity contribution >= 4 is 28.6 Å². The van der Waals surface area contributed by atoms with Crippen LogP contribution in [0, 0.1) is 11.8 Å². The van der Waals surface area contributed by atoms with Crippen molar-refractivity contribution in [3.8, 4) is 11.6 Å². The van der Waals surface area contributed by atoms with Gasteiger partial charge in [0.15, 0.2) is 11.4 Å². The summed E-state index contributed by atoms with van der Waals surface area (Å²) in [6.45, 7) is 10.2. The van der Waals surface area contributed by atoms with Crippen LogP contribution in [0.4, 0.5) is 13.6 Å². The van der Waals surface area contributed by atoms with Crippen LogP contribution >= 0.6 is 0 Å². The largest absolute Gasteiger partial charge is 0.497 e. The molecule has 5 unspecified atom stereocenters. The number of methoxy groups -OCH3 is 1. The van der Waals surface area contributed by atoms with E-state index < -0.39 is 47.6 Å². The maximum absolute atomic E-state index is 14.2. The molecule has 1 saturated heterocycles. The number of alkyl carbamates (subject to hydrolysis) is 1. The van der Waals surface area contributed by atoms with E-state index in [9.17, 15) is 23.2 Å². The Labute approximate surface area is 264 Å². The summed E-state index contributed by atoms with van der Waals surface area (Å²) in [6.07, 6.45) is 6.51. The lowest BCUT2D eigenvalue weighted by Crippen LogP contribution is -2.56. The molecule has 0 spiro atoms. The minimum Gasteiger partial charge on any atom is -0.497 e. The summed E-state index contributed by atoms with van der Waals surface area (Å²) in [7, 11) is 1.58. The Bertz CT molecular complexity index is 1380. The number of hydrogen-bond acceptors (Lipinski definition) is 7. The maximum atomic E-state index is 14.2. The van der Waals surface area contributed by atoms with Gasteiger partial charge in [-0.1, -0.05) is 26.0 Å². The standard InChI is InChI=1S/C34H47F2N3O6/c1-9-10-11-12-21(2)17-22(3)29(38-32(42)45-33(5,6)34(7,35)36)31(41)39-20-26(19-28(39)23(4)40)44-30-27-14-13-25(43-8)18-24(27)15-16-37-30/h9-10,13-16,18,21-22,26,28-29H,11-12,17,19-20H2,1-8H3,(H,38,42). The highest BCUT2D eigenvalue weighted by Crippen LogP contribution is 2.33. The quantitative estimate of drug-likeness (QED) is 0.231. The van der Waals surface area contributed by atoms with Crippen molar-refractivity contribution in [3.05, 3.63) is 42.6 Å². The number of alkyl halides is 2. The molecule has 0 aliphatic carbocycles. The number of rotatable bonds is 14. The van der Waals surface area contributed by atoms with E-state index in [0.29, 0.717) is 25.0 Å². The average Bonchev–Trinajstić information content (AvgIpc) is 3.39. The van der Waals surface area contributed by atoms with Gasteiger partial charge in [-0.2, -0.15) is 0 Å². The zero-order chi connectivity index (χ0) is 33.5. The highest BCUT2D eigenvalue weighted by Gasteiger charge is 2.47. The second kappa shape index (κ2) is 15.0. The normalized spacial score (nSPS) is 19.3. The average molecular weight is 632 g/mol. The Hall–Kier alpha value is -3.76. The van der Waals surface area contributed by atoms with E-state index in [1.807, 2.05) is 38.1 Å². The zero-order valence-electron chi connectivity index (χ0n) is 27.6. The minimum absolute atomic E-state index is 0.0760. The fraction of sp³-hybridized carbons (Fsp3) is 0.588. The molecule has 45 heavy (non-hydrogen) atoms. The van der Waals surface area contributed by atoms with Gasteiger partial charge in [0.1, 0.15) is 17.9 Å². The molecule has 5 atom stereocenters. The maximum Gasteiger partial charge on any atom is 0.408 e. The van der Waals surface area contributed by atoms with E-state index in [4.69, 9.17) is 14.2 Å². The molecule has 1 aromatic heterocycles. The highest BCUT2D eigenvalue weighted by atomic mass is 19.3. The highest BCUT2D eigenvalue weighted by molar-refractivity contribution is 5.92. The van der Waals surface area contributed by atoms with Crippen LogP contribution in [0.25, 0.3) is 10.8 Å². The topological polar surface area (TPSA) is 107 Å². The summed E-state index contributed by atoms with van der Waals surface area (Å²) in [6, 6.07) is 5.41. The summed E-state index contributed by atoms with van der Waals surface area (Å²) in [4.78, 5) is 45.8. The molecule has 9 nitrogen and oxygen atoms in total. The monoisotopic (exact) mass is 631 g/mol. The number of ether oxygens (including phenoxy) is 3. The molecule has 248 valence electrons. The molecule has 2 heterocycles. The first-order valence-corrected chi connectivity index (χ1v) is 15.5. The molecule has 1 fully saturated rings. The van der Waals surface area contributed by atoms with E-state index in [-0.39, 0.29) is 24.7 Å². The number of likely N-dealkylation sites (tertiary alicyclic amines) is 1. The molecule has 11 heteroatoms. The molecule has 1 aromatic carbocycles. The fourth-order valence-electron chi connectivity index (χ4n) is 5.56. The van der Waals surface area contributed by atoms with E-state index in [2.05, 4.69) is 23.3 Å². The molecule has 2 amide bonds. The predicted octanol–water partition coefficient (Wildman–Crippen LogP) is 6.73. The lowest BCUT2D eigenvalue weighted by Gasteiger charge is -2.34. The molecule has 3 rings (SSSR count). The van der Waals surface area contributed by atoms with Gasteiger partial charge in [-0.05, 0) is 88.4 Å². The van der Waals surface area contributed by atoms with Crippen molar-refractivity contribution < 1.29 is 37.4 Å². The number of Topliss-reactive ketones (excluding diaryl/α,β-unsaturated/α-hetero) is 1. The number of nitrogens with one attached hydrogen (secondary N) is 1. The number of halogens is 2. The van der Waals surface area contributed by atoms with Crippen LogP contribution in [-0.2, 0) is 14.3 Å². The second-order valence-corrected chi connectivity index (χ2v) is 12.7. The Morgan fingerprint density at radius 3 is 2.51 bits per heavy atom. The van der Waals surface area contributed by atoms with E-state index in [1.54, 1.807) is 19.4 Å². The Balaban J connectivity index is 1.86. The van der Waals surface area contributed by atoms with Gasteiger partial charge >= 0.3 is 6.09 Å². The number of amides is 2. The van der Waals surface area contributed by atoms with Gasteiger partial charge in [0.2, 0.25) is 11.8 Å². The first kappa shape index (κ1) is 35.7. The first-order valence-electron chi connectivity index (χ1n) is 15.5. The van der Waals surface area contributed by atoms with Crippen LogP contribution in [0.15, 0.2) is 42.6 Å². The van der Waals surface area contributed by atoms with E-state index in [0.717, 1.165) is 37.5 Å². The fourth-order valence-corrected chi connectivity index (χ4v) is 5.56. The van der Waals surface area contributed by atoms with Crippen LogP contribution in [0.5, 0.6) is 11.6 Å². The van der Waals surface area contributed by atoms with Gasteiger partial charge in [0, 0.05) is 24.9 Å². The third-order valence-corrected chi connectivity index (χ3v) is 8.58. The third kappa shape index (κ3) is 9.14. The van der Waals surface area contributed by atoms with Crippen LogP contribution in [0.3, 0.4) is 0 Å². The predicted molar refractivity (Wildman–Crippen MR) is 169 cm³/mol. The van der Waals surface area contributed by atoms with Gasteiger partial charge in [-0.25, -0.2) is 18.6 Å². The van der Waals surface area contributed by atoms with Crippen molar-refractivity contribution in [2.45, 2.75) is 104 Å².